The Morgan fingerprint density at radius 3 is 2.67 bits per heavy atom. The number of carbonyl (C=O) groups is 2. The van der Waals surface area contributed by atoms with Gasteiger partial charge < -0.3 is 10.2 Å². The molecule has 1 atom stereocenters. The fourth-order valence-corrected chi connectivity index (χ4v) is 2.69. The molecule has 0 aliphatic carbocycles. The molecule has 2 amide bonds. The van der Waals surface area contributed by atoms with E-state index in [2.05, 4.69) is 5.32 Å². The van der Waals surface area contributed by atoms with Gasteiger partial charge in [0.1, 0.15) is 17.4 Å². The van der Waals surface area contributed by atoms with Gasteiger partial charge in [-0.25, -0.2) is 4.39 Å². The maximum Gasteiger partial charge on any atom is 0.248 e. The van der Waals surface area contributed by atoms with Crippen LogP contribution in [0.3, 0.4) is 0 Å². The Balaban J connectivity index is 2.14. The summed E-state index contributed by atoms with van der Waals surface area (Å²) in [6.45, 7) is 5.70. The van der Waals surface area contributed by atoms with E-state index in [1.54, 1.807) is 24.8 Å². The summed E-state index contributed by atoms with van der Waals surface area (Å²) in [6.07, 6.45) is 1.10. The van der Waals surface area contributed by atoms with Crippen LogP contribution in [0, 0.1) is 5.82 Å². The molecular formula is C16H21FN2O2. The Morgan fingerprint density at radius 1 is 1.33 bits per heavy atom. The molecule has 1 fully saturated rings. The van der Waals surface area contributed by atoms with E-state index < -0.39 is 11.6 Å². The Bertz CT molecular complexity index is 557. The highest BCUT2D eigenvalue weighted by Crippen LogP contribution is 2.20. The number of hydrogen-bond donors (Lipinski definition) is 1. The number of nitrogens with zero attached hydrogens (tertiary/aromatic N) is 1. The third-order valence-corrected chi connectivity index (χ3v) is 3.83. The van der Waals surface area contributed by atoms with E-state index >= 15 is 0 Å². The molecule has 114 valence electrons. The highest BCUT2D eigenvalue weighted by atomic mass is 19.1. The number of hydrogen-bond acceptors (Lipinski definition) is 2. The molecule has 1 aromatic carbocycles. The zero-order valence-electron chi connectivity index (χ0n) is 12.6. The van der Waals surface area contributed by atoms with Gasteiger partial charge in [0.05, 0.1) is 0 Å². The first kappa shape index (κ1) is 15.5. The monoisotopic (exact) mass is 292 g/mol. The number of benzene rings is 1. The van der Waals surface area contributed by atoms with E-state index in [1.165, 1.54) is 12.1 Å². The molecule has 1 aliphatic heterocycles. The Kier molecular flexibility index (Phi) is 4.30. The van der Waals surface area contributed by atoms with Gasteiger partial charge >= 0.3 is 0 Å². The van der Waals surface area contributed by atoms with Gasteiger partial charge in [-0.3, -0.25) is 9.59 Å². The highest BCUT2D eigenvalue weighted by Gasteiger charge is 2.44. The second-order valence-corrected chi connectivity index (χ2v) is 5.92. The Morgan fingerprint density at radius 2 is 2.05 bits per heavy atom. The summed E-state index contributed by atoms with van der Waals surface area (Å²) in [5.74, 6) is -0.505. The second-order valence-electron chi connectivity index (χ2n) is 5.92. The lowest BCUT2D eigenvalue weighted by Crippen LogP contribution is -2.68. The van der Waals surface area contributed by atoms with Gasteiger partial charge in [0.2, 0.25) is 11.8 Å². The second kappa shape index (κ2) is 5.84. The molecule has 2 rings (SSSR count). The van der Waals surface area contributed by atoms with Gasteiger partial charge in [-0.05, 0) is 44.4 Å². The number of halogens is 1. The predicted octanol–water partition coefficient (Wildman–Crippen LogP) is 1.88. The molecule has 4 nitrogen and oxygen atoms in total. The van der Waals surface area contributed by atoms with Gasteiger partial charge in [-0.2, -0.15) is 0 Å². The molecule has 1 N–H and O–H groups in total. The van der Waals surface area contributed by atoms with Gasteiger partial charge in [-0.1, -0.05) is 19.1 Å². The topological polar surface area (TPSA) is 49.4 Å². The van der Waals surface area contributed by atoms with Crippen molar-refractivity contribution in [3.05, 3.63) is 35.6 Å². The highest BCUT2D eigenvalue weighted by molar-refractivity contribution is 5.99. The van der Waals surface area contributed by atoms with Crippen LogP contribution in [0.4, 0.5) is 4.39 Å². The Hall–Kier alpha value is -1.91. The van der Waals surface area contributed by atoms with Gasteiger partial charge in [-0.15, -0.1) is 0 Å². The lowest BCUT2D eigenvalue weighted by molar-refractivity contribution is -0.153. The third kappa shape index (κ3) is 3.23. The van der Waals surface area contributed by atoms with E-state index in [0.717, 1.165) is 5.56 Å². The maximum absolute atomic E-state index is 13.2. The van der Waals surface area contributed by atoms with E-state index in [0.29, 0.717) is 19.4 Å². The molecule has 1 aliphatic rings. The van der Waals surface area contributed by atoms with Crippen molar-refractivity contribution in [1.82, 2.24) is 10.2 Å². The molecule has 1 heterocycles. The van der Waals surface area contributed by atoms with Crippen LogP contribution in [0.1, 0.15) is 32.8 Å². The first-order valence-electron chi connectivity index (χ1n) is 7.22. The standard InChI is InChI=1S/C16H21FN2O2/c1-4-13-14(20)18-16(2,3)15(21)19(13)9-8-11-6-5-7-12(17)10-11/h5-7,10,13H,4,8-9H2,1-3H3,(H,18,20). The molecule has 1 saturated heterocycles. The molecular weight excluding hydrogens is 271 g/mol. The van der Waals surface area contributed by atoms with Crippen LogP contribution in [0.5, 0.6) is 0 Å². The molecule has 1 unspecified atom stereocenters. The number of nitrogens with one attached hydrogen (secondary N) is 1. The summed E-state index contributed by atoms with van der Waals surface area (Å²) < 4.78 is 13.2. The quantitative estimate of drug-likeness (QED) is 0.921. The number of amides is 2. The molecule has 0 aromatic heterocycles. The molecule has 5 heteroatoms. The van der Waals surface area contributed by atoms with Crippen molar-refractivity contribution in [3.8, 4) is 0 Å². The minimum atomic E-state index is -0.884. The Labute approximate surface area is 124 Å². The third-order valence-electron chi connectivity index (χ3n) is 3.83. The lowest BCUT2D eigenvalue weighted by atomic mass is 9.95. The maximum atomic E-state index is 13.2. The SMILES string of the molecule is CCC1C(=O)NC(C)(C)C(=O)N1CCc1cccc(F)c1. The van der Waals surface area contributed by atoms with E-state index in [4.69, 9.17) is 0 Å². The van der Waals surface area contributed by atoms with Gasteiger partial charge in [0.25, 0.3) is 0 Å². The van der Waals surface area contributed by atoms with Gasteiger partial charge in [0, 0.05) is 6.54 Å². The van der Waals surface area contributed by atoms with Crippen LogP contribution in [-0.2, 0) is 16.0 Å². The van der Waals surface area contributed by atoms with Crippen LogP contribution in [0.2, 0.25) is 0 Å². The van der Waals surface area contributed by atoms with E-state index in [1.807, 2.05) is 13.0 Å². The van der Waals surface area contributed by atoms with Crippen molar-refractivity contribution < 1.29 is 14.0 Å². The van der Waals surface area contributed by atoms with Crippen molar-refractivity contribution in [1.29, 1.82) is 0 Å². The summed E-state index contributed by atoms with van der Waals surface area (Å²) in [5, 5.41) is 2.75. The first-order valence-corrected chi connectivity index (χ1v) is 7.22. The van der Waals surface area contributed by atoms with E-state index in [9.17, 15) is 14.0 Å². The summed E-state index contributed by atoms with van der Waals surface area (Å²) in [7, 11) is 0. The van der Waals surface area contributed by atoms with Crippen LogP contribution in [0.15, 0.2) is 24.3 Å². The summed E-state index contributed by atoms with van der Waals surface area (Å²) in [4.78, 5) is 26.2. The molecule has 0 spiro atoms. The number of carbonyl (C=O) groups excluding carboxylic acids is 2. The molecule has 0 radical (unpaired) electrons. The largest absolute Gasteiger partial charge is 0.340 e. The van der Waals surface area contributed by atoms with Crippen LogP contribution >= 0.6 is 0 Å². The number of piperazine rings is 1. The summed E-state index contributed by atoms with van der Waals surface area (Å²) in [6, 6.07) is 5.88. The zero-order valence-corrected chi connectivity index (χ0v) is 12.6. The fraction of sp³-hybridized carbons (Fsp3) is 0.500. The lowest BCUT2D eigenvalue weighted by Gasteiger charge is -2.42. The van der Waals surface area contributed by atoms with Crippen LogP contribution in [-0.4, -0.2) is 34.8 Å². The zero-order chi connectivity index (χ0) is 15.6. The van der Waals surface area contributed by atoms with Crippen molar-refractivity contribution >= 4 is 11.8 Å². The van der Waals surface area contributed by atoms with Crippen molar-refractivity contribution in [2.24, 2.45) is 0 Å². The normalized spacial score (nSPS) is 21.3. The average Bonchev–Trinajstić information content (AvgIpc) is 2.41. The minimum Gasteiger partial charge on any atom is -0.340 e. The summed E-state index contributed by atoms with van der Waals surface area (Å²) in [5.41, 5.74) is -0.0635. The summed E-state index contributed by atoms with van der Waals surface area (Å²) >= 11 is 0. The minimum absolute atomic E-state index is 0.0923. The number of rotatable bonds is 4. The fourth-order valence-electron chi connectivity index (χ4n) is 2.69. The van der Waals surface area contributed by atoms with Crippen LogP contribution in [0.25, 0.3) is 0 Å². The molecule has 21 heavy (non-hydrogen) atoms. The molecule has 1 aromatic rings. The van der Waals surface area contributed by atoms with Crippen molar-refractivity contribution in [2.45, 2.75) is 45.2 Å². The predicted molar refractivity (Wildman–Crippen MR) is 78.1 cm³/mol. The van der Waals surface area contributed by atoms with Crippen molar-refractivity contribution in [2.75, 3.05) is 6.54 Å². The van der Waals surface area contributed by atoms with Crippen LogP contribution < -0.4 is 5.32 Å². The first-order chi connectivity index (χ1) is 9.85. The average molecular weight is 292 g/mol. The van der Waals surface area contributed by atoms with E-state index in [-0.39, 0.29) is 17.6 Å². The smallest absolute Gasteiger partial charge is 0.248 e. The molecule has 0 saturated carbocycles. The van der Waals surface area contributed by atoms with Gasteiger partial charge in [0.15, 0.2) is 0 Å². The van der Waals surface area contributed by atoms with Crippen molar-refractivity contribution in [3.63, 3.8) is 0 Å². The molecule has 0 bridgehead atoms.